The highest BCUT2D eigenvalue weighted by Gasteiger charge is 2.34. The summed E-state index contributed by atoms with van der Waals surface area (Å²) in [6.45, 7) is 0.653. The normalized spacial score (nSPS) is 18.4. The molecule has 0 saturated heterocycles. The van der Waals surface area contributed by atoms with E-state index in [0.717, 1.165) is 29.1 Å². The second kappa shape index (κ2) is 9.40. The van der Waals surface area contributed by atoms with Gasteiger partial charge in [0.2, 0.25) is 0 Å². The molecule has 3 aromatic carbocycles. The Morgan fingerprint density at radius 3 is 2.38 bits per heavy atom. The van der Waals surface area contributed by atoms with E-state index in [0.29, 0.717) is 12.1 Å². The van der Waals surface area contributed by atoms with Gasteiger partial charge in [-0.3, -0.25) is 14.7 Å². The number of para-hydroxylation sites is 2. The van der Waals surface area contributed by atoms with Crippen LogP contribution in [0.5, 0.6) is 0 Å². The fourth-order valence-electron chi connectivity index (χ4n) is 4.30. The number of nitrogens with zero attached hydrogens (tertiary/aromatic N) is 3. The molecule has 0 radical (unpaired) electrons. The predicted molar refractivity (Wildman–Crippen MR) is 141 cm³/mol. The first-order valence-corrected chi connectivity index (χ1v) is 11.5. The van der Waals surface area contributed by atoms with Crippen LogP contribution in [-0.4, -0.2) is 31.9 Å². The zero-order chi connectivity index (χ0) is 23.5. The van der Waals surface area contributed by atoms with Crippen molar-refractivity contribution in [3.63, 3.8) is 0 Å². The van der Waals surface area contributed by atoms with Gasteiger partial charge in [-0.25, -0.2) is 0 Å². The highest BCUT2D eigenvalue weighted by Crippen LogP contribution is 2.33. The molecular weight excluding hydrogens is 420 g/mol. The molecule has 5 heteroatoms. The van der Waals surface area contributed by atoms with Crippen LogP contribution in [0.25, 0.3) is 0 Å². The van der Waals surface area contributed by atoms with Crippen molar-refractivity contribution < 1.29 is 4.79 Å². The lowest BCUT2D eigenvalue weighted by Crippen LogP contribution is -2.50. The molecule has 34 heavy (non-hydrogen) atoms. The van der Waals surface area contributed by atoms with Gasteiger partial charge in [0.25, 0.3) is 5.91 Å². The molecule has 1 atom stereocenters. The Bertz CT molecular complexity index is 1270. The molecule has 2 aliphatic rings. The van der Waals surface area contributed by atoms with Crippen LogP contribution in [0.4, 0.5) is 17.1 Å². The topological polar surface area (TPSA) is 47.9 Å². The summed E-state index contributed by atoms with van der Waals surface area (Å²) in [7, 11) is 4.08. The average Bonchev–Trinajstić information content (AvgIpc) is 2.88. The summed E-state index contributed by atoms with van der Waals surface area (Å²) in [5.74, 6) is 0.000449. The van der Waals surface area contributed by atoms with Crippen molar-refractivity contribution in [2.75, 3.05) is 29.2 Å². The van der Waals surface area contributed by atoms with Crippen LogP contribution in [0.1, 0.15) is 22.3 Å². The highest BCUT2D eigenvalue weighted by molar-refractivity contribution is 6.12. The lowest BCUT2D eigenvalue weighted by molar-refractivity contribution is 0.0979. The molecule has 5 nitrogen and oxygen atoms in total. The second-order valence-corrected chi connectivity index (χ2v) is 8.71. The summed E-state index contributed by atoms with van der Waals surface area (Å²) < 4.78 is 0. The Balaban J connectivity index is 1.36. The summed E-state index contributed by atoms with van der Waals surface area (Å²) >= 11 is 0. The van der Waals surface area contributed by atoms with Crippen molar-refractivity contribution in [1.29, 1.82) is 0 Å². The van der Waals surface area contributed by atoms with E-state index >= 15 is 0 Å². The number of benzene rings is 3. The van der Waals surface area contributed by atoms with Crippen molar-refractivity contribution in [1.82, 2.24) is 0 Å². The van der Waals surface area contributed by atoms with Crippen molar-refractivity contribution >= 4 is 28.7 Å². The SMILES string of the molecule is CN(C)c1ccc(CN=C2C=CC(C3Nc4ccccc4C(=O)N3c3ccccc3)=CC2)cc1. The van der Waals surface area contributed by atoms with Crippen molar-refractivity contribution in [3.05, 3.63) is 114 Å². The number of fused-ring (bicyclic) bond motifs is 1. The molecule has 5 rings (SSSR count). The molecule has 0 fully saturated rings. The van der Waals surface area contributed by atoms with Crippen LogP contribution >= 0.6 is 0 Å². The van der Waals surface area contributed by atoms with Crippen LogP contribution in [-0.2, 0) is 6.54 Å². The summed E-state index contributed by atoms with van der Waals surface area (Å²) in [5.41, 5.74) is 6.88. The fraction of sp³-hybridized carbons (Fsp3) is 0.172. The number of carbonyl (C=O) groups is 1. The molecule has 1 heterocycles. The van der Waals surface area contributed by atoms with Crippen molar-refractivity contribution in [2.24, 2.45) is 4.99 Å². The van der Waals surface area contributed by atoms with E-state index in [1.165, 1.54) is 11.3 Å². The number of hydrogen-bond acceptors (Lipinski definition) is 4. The van der Waals surface area contributed by atoms with Crippen LogP contribution in [0, 0.1) is 0 Å². The Kier molecular flexibility index (Phi) is 6.00. The first kappa shape index (κ1) is 21.7. The fourth-order valence-corrected chi connectivity index (χ4v) is 4.30. The lowest BCUT2D eigenvalue weighted by Gasteiger charge is -2.39. The Morgan fingerprint density at radius 1 is 0.941 bits per heavy atom. The summed E-state index contributed by atoms with van der Waals surface area (Å²) in [5, 5.41) is 3.57. The van der Waals surface area contributed by atoms with E-state index in [1.54, 1.807) is 0 Å². The number of carbonyl (C=O) groups excluding carboxylic acids is 1. The largest absolute Gasteiger partial charge is 0.378 e. The smallest absolute Gasteiger partial charge is 0.262 e. The monoisotopic (exact) mass is 448 g/mol. The third-order valence-corrected chi connectivity index (χ3v) is 6.21. The van der Waals surface area contributed by atoms with E-state index in [-0.39, 0.29) is 12.1 Å². The van der Waals surface area contributed by atoms with Crippen molar-refractivity contribution in [2.45, 2.75) is 19.1 Å². The molecule has 0 bridgehead atoms. The minimum Gasteiger partial charge on any atom is -0.378 e. The molecule has 1 aliphatic heterocycles. The zero-order valence-electron chi connectivity index (χ0n) is 19.5. The van der Waals surface area contributed by atoms with Gasteiger partial charge < -0.3 is 10.2 Å². The van der Waals surface area contributed by atoms with Gasteiger partial charge in [-0.05, 0) is 53.6 Å². The van der Waals surface area contributed by atoms with Crippen LogP contribution in [0.2, 0.25) is 0 Å². The molecule has 0 saturated carbocycles. The maximum absolute atomic E-state index is 13.5. The number of anilines is 3. The van der Waals surface area contributed by atoms with Gasteiger partial charge in [0.15, 0.2) is 0 Å². The maximum Gasteiger partial charge on any atom is 0.262 e. The molecule has 1 amide bonds. The van der Waals surface area contributed by atoms with Gasteiger partial charge in [0.05, 0.1) is 12.1 Å². The molecule has 1 aliphatic carbocycles. The number of aliphatic imine (C=N–C) groups is 1. The molecule has 0 spiro atoms. The minimum atomic E-state index is -0.277. The molecule has 1 N–H and O–H groups in total. The standard InChI is InChI=1S/C29H28N4O/c1-32(2)24-18-12-21(13-19-24)20-30-23-16-14-22(15-17-23)28-31-27-11-7-6-10-26(27)29(34)33(28)25-8-4-3-5-9-25/h3-16,18-19,28,31H,17,20H2,1-2H3. The Hall–Kier alpha value is -4.12. The summed E-state index contributed by atoms with van der Waals surface area (Å²) in [6, 6.07) is 26.0. The van der Waals surface area contributed by atoms with Crippen LogP contribution in [0.15, 0.2) is 108 Å². The van der Waals surface area contributed by atoms with Gasteiger partial charge in [-0.15, -0.1) is 0 Å². The van der Waals surface area contributed by atoms with Gasteiger partial charge in [0, 0.05) is 43.3 Å². The molecule has 170 valence electrons. The molecule has 3 aromatic rings. The molecular formula is C29H28N4O. The van der Waals surface area contributed by atoms with Crippen LogP contribution < -0.4 is 15.1 Å². The highest BCUT2D eigenvalue weighted by atomic mass is 16.2. The van der Waals surface area contributed by atoms with E-state index in [2.05, 4.69) is 52.7 Å². The first-order valence-electron chi connectivity index (χ1n) is 11.5. The van der Waals surface area contributed by atoms with Crippen LogP contribution in [0.3, 0.4) is 0 Å². The quantitative estimate of drug-likeness (QED) is 0.546. The second-order valence-electron chi connectivity index (χ2n) is 8.71. The van der Waals surface area contributed by atoms with Gasteiger partial charge >= 0.3 is 0 Å². The lowest BCUT2D eigenvalue weighted by atomic mass is 9.98. The predicted octanol–water partition coefficient (Wildman–Crippen LogP) is 5.68. The van der Waals surface area contributed by atoms with E-state index in [9.17, 15) is 4.79 Å². The molecule has 1 unspecified atom stereocenters. The number of rotatable bonds is 5. The van der Waals surface area contributed by atoms with Crippen molar-refractivity contribution in [3.8, 4) is 0 Å². The van der Waals surface area contributed by atoms with Gasteiger partial charge in [-0.1, -0.05) is 54.6 Å². The number of nitrogens with one attached hydrogen (secondary N) is 1. The maximum atomic E-state index is 13.5. The minimum absolute atomic E-state index is 0.000449. The molecule has 0 aromatic heterocycles. The Labute approximate surface area is 200 Å². The van der Waals surface area contributed by atoms with E-state index in [4.69, 9.17) is 4.99 Å². The van der Waals surface area contributed by atoms with E-state index in [1.807, 2.05) is 73.6 Å². The number of hydrogen-bond donors (Lipinski definition) is 1. The van der Waals surface area contributed by atoms with Gasteiger partial charge in [0.1, 0.15) is 6.17 Å². The summed E-state index contributed by atoms with van der Waals surface area (Å²) in [6.07, 6.45) is 6.77. The van der Waals surface area contributed by atoms with Gasteiger partial charge in [-0.2, -0.15) is 0 Å². The zero-order valence-corrected chi connectivity index (χ0v) is 19.5. The Morgan fingerprint density at radius 2 is 1.68 bits per heavy atom. The number of allylic oxidation sites excluding steroid dienone is 2. The first-order chi connectivity index (χ1) is 16.6. The summed E-state index contributed by atoms with van der Waals surface area (Å²) in [4.78, 5) is 22.2. The number of amides is 1. The third-order valence-electron chi connectivity index (χ3n) is 6.21. The van der Waals surface area contributed by atoms with E-state index < -0.39 is 0 Å². The average molecular weight is 449 g/mol. The third kappa shape index (κ3) is 4.37.